The maximum absolute atomic E-state index is 12.4. The minimum absolute atomic E-state index is 0.281. The van der Waals surface area contributed by atoms with Crippen LogP contribution >= 0.6 is 0 Å². The van der Waals surface area contributed by atoms with Crippen LogP contribution in [0, 0.1) is 11.8 Å². The Morgan fingerprint density at radius 1 is 1.12 bits per heavy atom. The summed E-state index contributed by atoms with van der Waals surface area (Å²) in [5.41, 5.74) is 0. The molecule has 3 heteroatoms. The fourth-order valence-electron chi connectivity index (χ4n) is 3.11. The molecule has 2 aliphatic heterocycles. The fraction of sp³-hybridized carbons (Fsp3) is 0.923. The fourth-order valence-corrected chi connectivity index (χ4v) is 3.11. The first-order chi connectivity index (χ1) is 7.58. The molecule has 3 nitrogen and oxygen atoms in total. The number of likely N-dealkylation sites (tertiary alicyclic amines) is 2. The van der Waals surface area contributed by atoms with Crippen LogP contribution in [0.5, 0.6) is 0 Å². The van der Waals surface area contributed by atoms with Crippen molar-refractivity contribution in [1.82, 2.24) is 9.80 Å². The Kier molecular flexibility index (Phi) is 3.41. The average Bonchev–Trinajstić information content (AvgIpc) is 2.57. The maximum Gasteiger partial charge on any atom is 0.320 e. The molecule has 0 spiro atoms. The molecule has 0 saturated carbocycles. The monoisotopic (exact) mass is 224 g/mol. The first-order valence-corrected chi connectivity index (χ1v) is 6.63. The van der Waals surface area contributed by atoms with Crippen molar-refractivity contribution in [2.75, 3.05) is 19.6 Å². The third-order valence-corrected chi connectivity index (χ3v) is 3.96. The molecule has 0 bridgehead atoms. The van der Waals surface area contributed by atoms with Gasteiger partial charge in [-0.3, -0.25) is 0 Å². The first kappa shape index (κ1) is 11.7. The molecule has 2 saturated heterocycles. The van der Waals surface area contributed by atoms with E-state index < -0.39 is 0 Å². The third kappa shape index (κ3) is 2.33. The van der Waals surface area contributed by atoms with Gasteiger partial charge in [0, 0.05) is 25.7 Å². The number of carbonyl (C=O) groups is 1. The van der Waals surface area contributed by atoms with Crippen LogP contribution in [-0.2, 0) is 0 Å². The quantitative estimate of drug-likeness (QED) is 0.620. The summed E-state index contributed by atoms with van der Waals surface area (Å²) in [5, 5.41) is 0. The van der Waals surface area contributed by atoms with E-state index in [4.69, 9.17) is 0 Å². The highest BCUT2D eigenvalue weighted by Crippen LogP contribution is 2.25. The second-order valence-electron chi connectivity index (χ2n) is 5.82. The van der Waals surface area contributed by atoms with Crippen LogP contribution in [0.25, 0.3) is 0 Å². The SMILES string of the molecule is CC1CCCN(C(=O)N2CC(C)CC2C)C1. The van der Waals surface area contributed by atoms with Gasteiger partial charge in [0.05, 0.1) is 0 Å². The molecule has 0 aromatic heterocycles. The van der Waals surface area contributed by atoms with Gasteiger partial charge in [0.15, 0.2) is 0 Å². The Balaban J connectivity index is 1.96. The second kappa shape index (κ2) is 4.64. The van der Waals surface area contributed by atoms with E-state index in [0.717, 1.165) is 26.1 Å². The van der Waals surface area contributed by atoms with Crippen molar-refractivity contribution in [3.63, 3.8) is 0 Å². The number of piperidine rings is 1. The summed E-state index contributed by atoms with van der Waals surface area (Å²) in [7, 11) is 0. The van der Waals surface area contributed by atoms with Gasteiger partial charge in [-0.2, -0.15) is 0 Å². The summed E-state index contributed by atoms with van der Waals surface area (Å²) in [6, 6.07) is 0.711. The zero-order valence-corrected chi connectivity index (χ0v) is 10.8. The first-order valence-electron chi connectivity index (χ1n) is 6.63. The molecule has 16 heavy (non-hydrogen) atoms. The van der Waals surface area contributed by atoms with E-state index in [1.165, 1.54) is 12.8 Å². The highest BCUT2D eigenvalue weighted by molar-refractivity contribution is 5.75. The van der Waals surface area contributed by atoms with Crippen molar-refractivity contribution < 1.29 is 4.79 Å². The highest BCUT2D eigenvalue weighted by atomic mass is 16.2. The molecule has 0 aromatic carbocycles. The standard InChI is InChI=1S/C13H24N2O/c1-10-5-4-6-14(8-10)13(16)15-9-11(2)7-12(15)3/h10-12H,4-9H2,1-3H3. The Morgan fingerprint density at radius 3 is 2.44 bits per heavy atom. The summed E-state index contributed by atoms with van der Waals surface area (Å²) >= 11 is 0. The van der Waals surface area contributed by atoms with E-state index in [2.05, 4.69) is 30.6 Å². The minimum Gasteiger partial charge on any atom is -0.324 e. The molecule has 0 N–H and O–H groups in total. The van der Waals surface area contributed by atoms with E-state index in [1.54, 1.807) is 0 Å². The third-order valence-electron chi connectivity index (χ3n) is 3.96. The lowest BCUT2D eigenvalue weighted by atomic mass is 10.0. The lowest BCUT2D eigenvalue weighted by Gasteiger charge is -2.35. The van der Waals surface area contributed by atoms with Crippen LogP contribution in [-0.4, -0.2) is 41.5 Å². The minimum atomic E-state index is 0.281. The zero-order chi connectivity index (χ0) is 11.7. The van der Waals surface area contributed by atoms with Crippen molar-refractivity contribution >= 4 is 6.03 Å². The second-order valence-corrected chi connectivity index (χ2v) is 5.82. The van der Waals surface area contributed by atoms with E-state index in [9.17, 15) is 4.79 Å². The average molecular weight is 224 g/mol. The Labute approximate surface area is 98.8 Å². The smallest absolute Gasteiger partial charge is 0.320 e. The Morgan fingerprint density at radius 2 is 1.88 bits per heavy atom. The van der Waals surface area contributed by atoms with Crippen molar-refractivity contribution in [3.8, 4) is 0 Å². The number of hydrogen-bond donors (Lipinski definition) is 0. The summed E-state index contributed by atoms with van der Waals surface area (Å²) in [4.78, 5) is 16.5. The molecular weight excluding hydrogens is 200 g/mol. The molecular formula is C13H24N2O. The van der Waals surface area contributed by atoms with Gasteiger partial charge in [0.2, 0.25) is 0 Å². The van der Waals surface area contributed by atoms with E-state index in [0.29, 0.717) is 17.9 Å². The molecule has 92 valence electrons. The van der Waals surface area contributed by atoms with Gasteiger partial charge in [-0.05, 0) is 38.0 Å². The molecule has 3 unspecified atom stereocenters. The molecule has 3 atom stereocenters. The Hall–Kier alpha value is -0.730. The van der Waals surface area contributed by atoms with Crippen LogP contribution in [0.3, 0.4) is 0 Å². The van der Waals surface area contributed by atoms with Crippen molar-refractivity contribution in [2.45, 2.75) is 46.1 Å². The van der Waals surface area contributed by atoms with Crippen molar-refractivity contribution in [3.05, 3.63) is 0 Å². The molecule has 2 rings (SSSR count). The molecule has 0 aromatic rings. The van der Waals surface area contributed by atoms with Crippen molar-refractivity contribution in [2.24, 2.45) is 11.8 Å². The normalized spacial score (nSPS) is 35.6. The topological polar surface area (TPSA) is 23.6 Å². The van der Waals surface area contributed by atoms with Gasteiger partial charge < -0.3 is 9.80 Å². The van der Waals surface area contributed by atoms with Gasteiger partial charge in [-0.1, -0.05) is 13.8 Å². The predicted octanol–water partition coefficient (Wildman–Crippen LogP) is 2.57. The zero-order valence-electron chi connectivity index (χ0n) is 10.8. The number of hydrogen-bond acceptors (Lipinski definition) is 1. The molecule has 0 radical (unpaired) electrons. The van der Waals surface area contributed by atoms with Crippen LogP contribution in [0.4, 0.5) is 4.79 Å². The van der Waals surface area contributed by atoms with Gasteiger partial charge >= 0.3 is 6.03 Å². The van der Waals surface area contributed by atoms with Crippen molar-refractivity contribution in [1.29, 1.82) is 0 Å². The van der Waals surface area contributed by atoms with E-state index >= 15 is 0 Å². The van der Waals surface area contributed by atoms with E-state index in [1.807, 2.05) is 0 Å². The summed E-state index contributed by atoms with van der Waals surface area (Å²) in [5.74, 6) is 1.34. The number of urea groups is 1. The predicted molar refractivity (Wildman–Crippen MR) is 65.3 cm³/mol. The van der Waals surface area contributed by atoms with Gasteiger partial charge in [-0.25, -0.2) is 4.79 Å². The number of nitrogens with zero attached hydrogens (tertiary/aromatic N) is 2. The molecule has 2 aliphatic rings. The molecule has 0 aliphatic carbocycles. The summed E-state index contributed by atoms with van der Waals surface area (Å²) in [6.45, 7) is 9.52. The van der Waals surface area contributed by atoms with E-state index in [-0.39, 0.29) is 6.03 Å². The molecule has 2 fully saturated rings. The number of rotatable bonds is 0. The van der Waals surface area contributed by atoms with Crippen LogP contribution in [0.2, 0.25) is 0 Å². The summed E-state index contributed by atoms with van der Waals surface area (Å²) < 4.78 is 0. The lowest BCUT2D eigenvalue weighted by molar-refractivity contribution is 0.129. The van der Waals surface area contributed by atoms with Crippen LogP contribution in [0.1, 0.15) is 40.0 Å². The maximum atomic E-state index is 12.4. The van der Waals surface area contributed by atoms with Crippen LogP contribution in [0.15, 0.2) is 0 Å². The van der Waals surface area contributed by atoms with Gasteiger partial charge in [0.1, 0.15) is 0 Å². The van der Waals surface area contributed by atoms with Gasteiger partial charge in [-0.15, -0.1) is 0 Å². The van der Waals surface area contributed by atoms with Crippen LogP contribution < -0.4 is 0 Å². The number of carbonyl (C=O) groups excluding carboxylic acids is 1. The Bertz CT molecular complexity index is 267. The van der Waals surface area contributed by atoms with Gasteiger partial charge in [0.25, 0.3) is 0 Å². The summed E-state index contributed by atoms with van der Waals surface area (Å²) in [6.07, 6.45) is 3.61. The molecule has 2 amide bonds. The number of amides is 2. The molecule has 2 heterocycles. The highest BCUT2D eigenvalue weighted by Gasteiger charge is 2.33. The lowest BCUT2D eigenvalue weighted by Crippen LogP contribution is -2.48. The largest absolute Gasteiger partial charge is 0.324 e.